The van der Waals surface area contributed by atoms with Gasteiger partial charge in [-0.2, -0.15) is 0 Å². The highest BCUT2D eigenvalue weighted by Crippen LogP contribution is 2.32. The fourth-order valence-corrected chi connectivity index (χ4v) is 4.05. The Balaban J connectivity index is 1.76. The van der Waals surface area contributed by atoms with Crippen molar-refractivity contribution in [2.24, 2.45) is 0 Å². The van der Waals surface area contributed by atoms with E-state index >= 15 is 0 Å². The average molecular weight is 398 g/mol. The molecule has 7 heteroatoms. The van der Waals surface area contributed by atoms with Crippen LogP contribution in [0.25, 0.3) is 0 Å². The maximum Gasteiger partial charge on any atom is 0.262 e. The van der Waals surface area contributed by atoms with E-state index in [-0.39, 0.29) is 4.90 Å². The third kappa shape index (κ3) is 4.37. The Bertz CT molecular complexity index is 1060. The molecule has 2 N–H and O–H groups in total. The number of aryl methyl sites for hydroxylation is 1. The molecule has 0 atom stereocenters. The summed E-state index contributed by atoms with van der Waals surface area (Å²) in [7, 11) is -0.456. The smallest absolute Gasteiger partial charge is 0.262 e. The zero-order chi connectivity index (χ0) is 20.1. The molecular formula is C21H22N2O4S. The van der Waals surface area contributed by atoms with Crippen LogP contribution in [0.4, 0.5) is 17.1 Å². The summed E-state index contributed by atoms with van der Waals surface area (Å²) in [6, 6.07) is 19.3. The molecule has 0 aliphatic carbocycles. The second-order valence-electron chi connectivity index (χ2n) is 6.14. The minimum absolute atomic E-state index is 0.264. The quantitative estimate of drug-likeness (QED) is 0.610. The highest BCUT2D eigenvalue weighted by molar-refractivity contribution is 7.92. The van der Waals surface area contributed by atoms with Crippen molar-refractivity contribution in [3.8, 4) is 11.5 Å². The number of rotatable bonds is 7. The summed E-state index contributed by atoms with van der Waals surface area (Å²) >= 11 is 0. The lowest BCUT2D eigenvalue weighted by molar-refractivity contribution is 0.395. The summed E-state index contributed by atoms with van der Waals surface area (Å²) in [5, 5.41) is 3.25. The van der Waals surface area contributed by atoms with Crippen LogP contribution < -0.4 is 19.5 Å². The first-order valence-electron chi connectivity index (χ1n) is 8.60. The van der Waals surface area contributed by atoms with Gasteiger partial charge in [0.1, 0.15) is 11.5 Å². The van der Waals surface area contributed by atoms with Crippen LogP contribution in [-0.2, 0) is 10.0 Å². The summed E-state index contributed by atoms with van der Waals surface area (Å²) in [5.74, 6) is 1.34. The van der Waals surface area contributed by atoms with Crippen molar-refractivity contribution in [1.29, 1.82) is 0 Å². The molecule has 0 saturated heterocycles. The Morgan fingerprint density at radius 2 is 1.50 bits per heavy atom. The first-order chi connectivity index (χ1) is 13.4. The summed E-state index contributed by atoms with van der Waals surface area (Å²) in [6.07, 6.45) is 0. The number of anilines is 3. The van der Waals surface area contributed by atoms with E-state index in [4.69, 9.17) is 9.47 Å². The van der Waals surface area contributed by atoms with Crippen LogP contribution >= 0.6 is 0 Å². The Kier molecular flexibility index (Phi) is 5.75. The Hall–Kier alpha value is -3.19. The van der Waals surface area contributed by atoms with E-state index in [2.05, 4.69) is 10.0 Å². The van der Waals surface area contributed by atoms with Crippen molar-refractivity contribution < 1.29 is 17.9 Å². The summed E-state index contributed by atoms with van der Waals surface area (Å²) in [6.45, 7) is 1.77. The largest absolute Gasteiger partial charge is 0.497 e. The van der Waals surface area contributed by atoms with Gasteiger partial charge >= 0.3 is 0 Å². The van der Waals surface area contributed by atoms with Crippen LogP contribution in [0.2, 0.25) is 0 Å². The molecule has 0 amide bonds. The molecule has 0 bridgehead atoms. The van der Waals surface area contributed by atoms with E-state index in [1.165, 1.54) is 0 Å². The van der Waals surface area contributed by atoms with Crippen LogP contribution in [0.5, 0.6) is 11.5 Å². The van der Waals surface area contributed by atoms with Gasteiger partial charge in [0.15, 0.2) is 0 Å². The van der Waals surface area contributed by atoms with Gasteiger partial charge in [-0.3, -0.25) is 4.72 Å². The van der Waals surface area contributed by atoms with Gasteiger partial charge in [-0.15, -0.1) is 0 Å². The highest BCUT2D eigenvalue weighted by Gasteiger charge is 2.16. The number of methoxy groups -OCH3 is 2. The van der Waals surface area contributed by atoms with Crippen LogP contribution in [0.15, 0.2) is 71.6 Å². The van der Waals surface area contributed by atoms with E-state index in [9.17, 15) is 8.42 Å². The second-order valence-corrected chi connectivity index (χ2v) is 7.79. The van der Waals surface area contributed by atoms with Crippen molar-refractivity contribution in [3.05, 3.63) is 72.3 Å². The van der Waals surface area contributed by atoms with Gasteiger partial charge in [0.2, 0.25) is 0 Å². The van der Waals surface area contributed by atoms with Crippen molar-refractivity contribution in [2.75, 3.05) is 24.3 Å². The fraction of sp³-hybridized carbons (Fsp3) is 0.143. The van der Waals surface area contributed by atoms with E-state index in [0.29, 0.717) is 22.7 Å². The van der Waals surface area contributed by atoms with Crippen molar-refractivity contribution in [2.45, 2.75) is 11.8 Å². The van der Waals surface area contributed by atoms with Crippen LogP contribution in [-0.4, -0.2) is 22.6 Å². The molecule has 0 aliphatic rings. The summed E-state index contributed by atoms with van der Waals surface area (Å²) in [5.41, 5.74) is 2.74. The molecule has 0 unspecified atom stereocenters. The Labute approximate surface area is 165 Å². The molecular weight excluding hydrogens is 376 g/mol. The number of hydrogen-bond acceptors (Lipinski definition) is 5. The molecule has 3 aromatic rings. The van der Waals surface area contributed by atoms with E-state index in [1.807, 2.05) is 18.2 Å². The number of sulfonamides is 1. The summed E-state index contributed by atoms with van der Waals surface area (Å²) < 4.78 is 38.4. The van der Waals surface area contributed by atoms with E-state index in [1.54, 1.807) is 69.7 Å². The van der Waals surface area contributed by atoms with Gasteiger partial charge < -0.3 is 14.8 Å². The van der Waals surface area contributed by atoms with Crippen LogP contribution in [0.3, 0.4) is 0 Å². The molecule has 0 fully saturated rings. The molecule has 6 nitrogen and oxygen atoms in total. The van der Waals surface area contributed by atoms with Crippen LogP contribution in [0, 0.1) is 6.92 Å². The molecule has 0 aromatic heterocycles. The molecule has 0 saturated carbocycles. The van der Waals surface area contributed by atoms with Gasteiger partial charge in [-0.1, -0.05) is 18.2 Å². The lowest BCUT2D eigenvalue weighted by Gasteiger charge is -2.14. The third-order valence-electron chi connectivity index (χ3n) is 4.21. The first kappa shape index (κ1) is 19.6. The number of ether oxygens (including phenoxy) is 2. The molecule has 0 heterocycles. The number of benzene rings is 3. The van der Waals surface area contributed by atoms with Gasteiger partial charge in [-0.05, 0) is 55.0 Å². The standard InChI is InChI=1S/C21H22N2O4S/c1-15-6-4-5-7-21(15)28(24,25)23-17-10-8-16(9-11-17)22-19-13-12-18(26-2)14-20(19)27-3/h4-14,22-23H,1-3H3. The highest BCUT2D eigenvalue weighted by atomic mass is 32.2. The number of hydrogen-bond donors (Lipinski definition) is 2. The Morgan fingerprint density at radius 1 is 0.821 bits per heavy atom. The molecule has 28 heavy (non-hydrogen) atoms. The zero-order valence-electron chi connectivity index (χ0n) is 15.9. The zero-order valence-corrected chi connectivity index (χ0v) is 16.7. The maximum atomic E-state index is 12.6. The maximum absolute atomic E-state index is 12.6. The summed E-state index contributed by atoms with van der Waals surface area (Å²) in [4.78, 5) is 0.264. The van der Waals surface area contributed by atoms with E-state index < -0.39 is 10.0 Å². The Morgan fingerprint density at radius 3 is 2.14 bits per heavy atom. The van der Waals surface area contributed by atoms with E-state index in [0.717, 1.165) is 11.4 Å². The van der Waals surface area contributed by atoms with Gasteiger partial charge in [0.05, 0.1) is 24.8 Å². The molecule has 3 rings (SSSR count). The SMILES string of the molecule is COc1ccc(Nc2ccc(NS(=O)(=O)c3ccccc3C)cc2)c(OC)c1. The lowest BCUT2D eigenvalue weighted by Crippen LogP contribution is -2.14. The third-order valence-corrected chi connectivity index (χ3v) is 5.75. The predicted octanol–water partition coefficient (Wildman–Crippen LogP) is 4.56. The molecule has 0 aliphatic heterocycles. The first-order valence-corrected chi connectivity index (χ1v) is 10.1. The van der Waals surface area contributed by atoms with Gasteiger partial charge in [0, 0.05) is 17.4 Å². The van der Waals surface area contributed by atoms with Gasteiger partial charge in [0.25, 0.3) is 10.0 Å². The minimum atomic E-state index is -3.64. The molecule has 0 spiro atoms. The number of nitrogens with one attached hydrogen (secondary N) is 2. The second kappa shape index (κ2) is 8.22. The molecule has 0 radical (unpaired) electrons. The van der Waals surface area contributed by atoms with Gasteiger partial charge in [-0.25, -0.2) is 8.42 Å². The normalized spacial score (nSPS) is 11.0. The average Bonchev–Trinajstić information content (AvgIpc) is 2.69. The molecule has 146 valence electrons. The molecule has 3 aromatic carbocycles. The minimum Gasteiger partial charge on any atom is -0.497 e. The van der Waals surface area contributed by atoms with Crippen molar-refractivity contribution >= 4 is 27.1 Å². The lowest BCUT2D eigenvalue weighted by atomic mass is 10.2. The van der Waals surface area contributed by atoms with Crippen LogP contribution in [0.1, 0.15) is 5.56 Å². The van der Waals surface area contributed by atoms with Crippen molar-refractivity contribution in [3.63, 3.8) is 0 Å². The topological polar surface area (TPSA) is 76.7 Å². The monoisotopic (exact) mass is 398 g/mol. The predicted molar refractivity (Wildman–Crippen MR) is 111 cm³/mol. The van der Waals surface area contributed by atoms with Crippen molar-refractivity contribution in [1.82, 2.24) is 0 Å². The fourth-order valence-electron chi connectivity index (χ4n) is 2.75.